The monoisotopic (exact) mass is 284 g/mol. The number of hydrogen-bond acceptors (Lipinski definition) is 3. The highest BCUT2D eigenvalue weighted by Crippen LogP contribution is 2.22. The normalized spacial score (nSPS) is 15.0. The van der Waals surface area contributed by atoms with Crippen molar-refractivity contribution in [3.05, 3.63) is 23.8 Å². The van der Waals surface area contributed by atoms with Crippen molar-refractivity contribution >= 4 is 15.7 Å². The molecule has 0 radical (unpaired) electrons. The van der Waals surface area contributed by atoms with Crippen LogP contribution in [0.2, 0.25) is 0 Å². The van der Waals surface area contributed by atoms with Gasteiger partial charge in [0, 0.05) is 11.7 Å². The molecule has 2 atom stereocenters. The minimum atomic E-state index is -3.40. The molecule has 4 nitrogen and oxygen atoms in total. The summed E-state index contributed by atoms with van der Waals surface area (Å²) in [6.07, 6.45) is 1.09. The van der Waals surface area contributed by atoms with Crippen LogP contribution < -0.4 is 10.0 Å². The second-order valence-electron chi connectivity index (χ2n) is 5.01. The van der Waals surface area contributed by atoms with E-state index in [0.29, 0.717) is 16.9 Å². The van der Waals surface area contributed by atoms with Gasteiger partial charge in [-0.1, -0.05) is 26.3 Å². The van der Waals surface area contributed by atoms with E-state index in [4.69, 9.17) is 0 Å². The van der Waals surface area contributed by atoms with E-state index in [-0.39, 0.29) is 0 Å². The zero-order valence-electron chi connectivity index (χ0n) is 12.3. The number of anilines is 1. The Hall–Kier alpha value is -1.07. The summed E-state index contributed by atoms with van der Waals surface area (Å²) >= 11 is 0. The van der Waals surface area contributed by atoms with Gasteiger partial charge in [0.2, 0.25) is 10.0 Å². The van der Waals surface area contributed by atoms with Crippen LogP contribution in [0.15, 0.2) is 23.1 Å². The second kappa shape index (κ2) is 6.39. The first kappa shape index (κ1) is 16.0. The third-order valence-corrected chi connectivity index (χ3v) is 5.19. The van der Waals surface area contributed by atoms with Gasteiger partial charge in [0.25, 0.3) is 0 Å². The van der Waals surface area contributed by atoms with E-state index in [0.717, 1.165) is 17.7 Å². The first-order valence-corrected chi connectivity index (χ1v) is 8.10. The van der Waals surface area contributed by atoms with Gasteiger partial charge in [0.1, 0.15) is 0 Å². The minimum absolute atomic E-state index is 0.304. The van der Waals surface area contributed by atoms with E-state index >= 15 is 0 Å². The van der Waals surface area contributed by atoms with Crippen molar-refractivity contribution in [3.8, 4) is 0 Å². The maximum Gasteiger partial charge on any atom is 0.240 e. The predicted octanol–water partition coefficient (Wildman–Crippen LogP) is 2.75. The molecular weight excluding hydrogens is 260 g/mol. The van der Waals surface area contributed by atoms with Gasteiger partial charge >= 0.3 is 0 Å². The summed E-state index contributed by atoms with van der Waals surface area (Å²) in [5, 5.41) is 3.36. The number of hydrogen-bond donors (Lipinski definition) is 2. The predicted molar refractivity (Wildman–Crippen MR) is 80.0 cm³/mol. The zero-order chi connectivity index (χ0) is 14.6. The maximum absolute atomic E-state index is 11.9. The van der Waals surface area contributed by atoms with Crippen molar-refractivity contribution in [1.82, 2.24) is 4.72 Å². The molecule has 19 heavy (non-hydrogen) atoms. The van der Waals surface area contributed by atoms with Crippen LogP contribution in [-0.4, -0.2) is 21.5 Å². The molecule has 1 aromatic carbocycles. The SMILES string of the molecule is CCC(C)C(C)Nc1ccc(C)c(S(=O)(=O)NC)c1. The molecule has 0 amide bonds. The highest BCUT2D eigenvalue weighted by molar-refractivity contribution is 7.89. The molecule has 0 spiro atoms. The molecule has 0 saturated carbocycles. The number of aryl methyl sites for hydroxylation is 1. The molecule has 2 unspecified atom stereocenters. The smallest absolute Gasteiger partial charge is 0.240 e. The molecule has 5 heteroatoms. The molecule has 2 N–H and O–H groups in total. The summed E-state index contributed by atoms with van der Waals surface area (Å²) in [7, 11) is -1.98. The quantitative estimate of drug-likeness (QED) is 0.844. The van der Waals surface area contributed by atoms with Crippen LogP contribution in [0, 0.1) is 12.8 Å². The van der Waals surface area contributed by atoms with Crippen molar-refractivity contribution in [2.75, 3.05) is 12.4 Å². The Balaban J connectivity index is 3.04. The number of sulfonamides is 1. The molecule has 0 aromatic heterocycles. The summed E-state index contributed by atoms with van der Waals surface area (Å²) in [5.41, 5.74) is 1.59. The van der Waals surface area contributed by atoms with Crippen LogP contribution in [-0.2, 0) is 10.0 Å². The largest absolute Gasteiger partial charge is 0.382 e. The lowest BCUT2D eigenvalue weighted by atomic mass is 10.0. The molecule has 0 fully saturated rings. The Kier molecular flexibility index (Phi) is 5.38. The highest BCUT2D eigenvalue weighted by atomic mass is 32.2. The van der Waals surface area contributed by atoms with Crippen molar-refractivity contribution in [1.29, 1.82) is 0 Å². The molecule has 0 heterocycles. The first-order valence-electron chi connectivity index (χ1n) is 6.62. The van der Waals surface area contributed by atoms with Crippen LogP contribution in [0.1, 0.15) is 32.8 Å². The van der Waals surface area contributed by atoms with Gasteiger partial charge in [-0.15, -0.1) is 0 Å². The molecule has 0 aliphatic heterocycles. The fourth-order valence-electron chi connectivity index (χ4n) is 1.85. The van der Waals surface area contributed by atoms with Crippen molar-refractivity contribution in [2.24, 2.45) is 5.92 Å². The van der Waals surface area contributed by atoms with Gasteiger partial charge < -0.3 is 5.32 Å². The van der Waals surface area contributed by atoms with Crippen molar-refractivity contribution < 1.29 is 8.42 Å². The van der Waals surface area contributed by atoms with Crippen LogP contribution in [0.25, 0.3) is 0 Å². The lowest BCUT2D eigenvalue weighted by molar-refractivity contribution is 0.494. The average Bonchev–Trinajstić information content (AvgIpc) is 2.39. The summed E-state index contributed by atoms with van der Waals surface area (Å²) in [6.45, 7) is 8.23. The molecular formula is C14H24N2O2S. The lowest BCUT2D eigenvalue weighted by Crippen LogP contribution is -2.24. The Morgan fingerprint density at radius 3 is 2.42 bits per heavy atom. The van der Waals surface area contributed by atoms with Crippen molar-refractivity contribution in [3.63, 3.8) is 0 Å². The molecule has 0 aliphatic carbocycles. The van der Waals surface area contributed by atoms with E-state index in [9.17, 15) is 8.42 Å². The molecule has 0 aliphatic rings. The first-order chi connectivity index (χ1) is 8.81. The van der Waals surface area contributed by atoms with E-state index in [2.05, 4.69) is 30.8 Å². The van der Waals surface area contributed by atoms with Gasteiger partial charge in [0.15, 0.2) is 0 Å². The van der Waals surface area contributed by atoms with Gasteiger partial charge in [0.05, 0.1) is 4.90 Å². The fourth-order valence-corrected chi connectivity index (χ4v) is 2.84. The topological polar surface area (TPSA) is 58.2 Å². The molecule has 1 aromatic rings. The number of nitrogens with one attached hydrogen (secondary N) is 2. The zero-order valence-corrected chi connectivity index (χ0v) is 13.1. The number of rotatable bonds is 6. The second-order valence-corrected chi connectivity index (χ2v) is 6.86. The van der Waals surface area contributed by atoms with Gasteiger partial charge in [-0.2, -0.15) is 0 Å². The summed E-state index contributed by atoms with van der Waals surface area (Å²) in [6, 6.07) is 5.75. The maximum atomic E-state index is 11.9. The summed E-state index contributed by atoms with van der Waals surface area (Å²) < 4.78 is 26.2. The Labute approximate surface area is 116 Å². The summed E-state index contributed by atoms with van der Waals surface area (Å²) in [4.78, 5) is 0.330. The van der Waals surface area contributed by atoms with Crippen LogP contribution in [0.3, 0.4) is 0 Å². The Morgan fingerprint density at radius 2 is 1.89 bits per heavy atom. The Bertz CT molecular complexity index is 526. The van der Waals surface area contributed by atoms with E-state index in [1.165, 1.54) is 7.05 Å². The Morgan fingerprint density at radius 1 is 1.26 bits per heavy atom. The van der Waals surface area contributed by atoms with Gasteiger partial charge in [-0.25, -0.2) is 13.1 Å². The van der Waals surface area contributed by atoms with Crippen LogP contribution in [0.4, 0.5) is 5.69 Å². The van der Waals surface area contributed by atoms with E-state index in [1.807, 2.05) is 12.1 Å². The molecule has 1 rings (SSSR count). The van der Waals surface area contributed by atoms with Gasteiger partial charge in [-0.05, 0) is 44.5 Å². The van der Waals surface area contributed by atoms with E-state index in [1.54, 1.807) is 13.0 Å². The lowest BCUT2D eigenvalue weighted by Gasteiger charge is -2.21. The molecule has 0 saturated heterocycles. The minimum Gasteiger partial charge on any atom is -0.382 e. The van der Waals surface area contributed by atoms with Crippen LogP contribution >= 0.6 is 0 Å². The highest BCUT2D eigenvalue weighted by Gasteiger charge is 2.16. The summed E-state index contributed by atoms with van der Waals surface area (Å²) in [5.74, 6) is 0.533. The van der Waals surface area contributed by atoms with Crippen molar-refractivity contribution in [2.45, 2.75) is 45.1 Å². The van der Waals surface area contributed by atoms with E-state index < -0.39 is 10.0 Å². The van der Waals surface area contributed by atoms with Crippen LogP contribution in [0.5, 0.6) is 0 Å². The molecule has 108 valence electrons. The third kappa shape index (κ3) is 3.94. The molecule has 0 bridgehead atoms. The third-order valence-electron chi connectivity index (χ3n) is 3.64. The average molecular weight is 284 g/mol. The standard InChI is InChI=1S/C14H24N2O2S/c1-6-10(2)12(4)16-13-8-7-11(3)14(9-13)19(17,18)15-5/h7-10,12,15-16H,6H2,1-5H3. The van der Waals surface area contributed by atoms with Gasteiger partial charge in [-0.3, -0.25) is 0 Å². The fraction of sp³-hybridized carbons (Fsp3) is 0.571. The number of benzene rings is 1.